The van der Waals surface area contributed by atoms with Crippen LogP contribution in [0.5, 0.6) is 0 Å². The third-order valence-electron chi connectivity index (χ3n) is 5.07. The molecule has 7 heteroatoms. The SMILES string of the molecule is Cl.NCC1(C(=O)NCc2cccc(N3CCCC3=O)c2)CCOCC1. The van der Waals surface area contributed by atoms with Gasteiger partial charge in [0, 0.05) is 45.0 Å². The number of hydrogen-bond acceptors (Lipinski definition) is 4. The fourth-order valence-electron chi connectivity index (χ4n) is 3.41. The Bertz CT molecular complexity index is 617. The maximum absolute atomic E-state index is 12.6. The lowest BCUT2D eigenvalue weighted by molar-refractivity contribution is -0.136. The molecular formula is C18H26ClN3O3. The second-order valence-electron chi connectivity index (χ2n) is 6.60. The van der Waals surface area contributed by atoms with Crippen molar-refractivity contribution in [1.82, 2.24) is 5.32 Å². The van der Waals surface area contributed by atoms with Crippen molar-refractivity contribution in [3.8, 4) is 0 Å². The summed E-state index contributed by atoms with van der Waals surface area (Å²) >= 11 is 0. The molecule has 2 fully saturated rings. The number of nitrogens with one attached hydrogen (secondary N) is 1. The summed E-state index contributed by atoms with van der Waals surface area (Å²) in [5, 5.41) is 3.01. The summed E-state index contributed by atoms with van der Waals surface area (Å²) in [5.41, 5.74) is 7.25. The van der Waals surface area contributed by atoms with Crippen LogP contribution in [0.3, 0.4) is 0 Å². The molecule has 0 atom stereocenters. The number of halogens is 1. The molecule has 2 amide bonds. The van der Waals surface area contributed by atoms with Crippen molar-refractivity contribution in [3.63, 3.8) is 0 Å². The van der Waals surface area contributed by atoms with E-state index in [9.17, 15) is 9.59 Å². The van der Waals surface area contributed by atoms with Crippen LogP contribution in [-0.2, 0) is 20.9 Å². The van der Waals surface area contributed by atoms with E-state index in [1.54, 1.807) is 0 Å². The largest absolute Gasteiger partial charge is 0.381 e. The number of hydrogen-bond donors (Lipinski definition) is 2. The van der Waals surface area contributed by atoms with Crippen LogP contribution in [0.1, 0.15) is 31.2 Å². The Morgan fingerprint density at radius 3 is 2.72 bits per heavy atom. The van der Waals surface area contributed by atoms with E-state index in [1.807, 2.05) is 29.2 Å². The molecule has 2 heterocycles. The zero-order valence-electron chi connectivity index (χ0n) is 14.3. The molecule has 6 nitrogen and oxygen atoms in total. The van der Waals surface area contributed by atoms with Gasteiger partial charge in [-0.1, -0.05) is 12.1 Å². The minimum Gasteiger partial charge on any atom is -0.381 e. The molecule has 2 saturated heterocycles. The number of amides is 2. The molecule has 0 bridgehead atoms. The molecule has 0 aromatic heterocycles. The summed E-state index contributed by atoms with van der Waals surface area (Å²) in [6.07, 6.45) is 2.85. The van der Waals surface area contributed by atoms with E-state index >= 15 is 0 Å². The van der Waals surface area contributed by atoms with Gasteiger partial charge in [0.2, 0.25) is 11.8 Å². The summed E-state index contributed by atoms with van der Waals surface area (Å²) in [5.74, 6) is 0.163. The average molecular weight is 368 g/mol. The van der Waals surface area contributed by atoms with Crippen LogP contribution >= 0.6 is 12.4 Å². The van der Waals surface area contributed by atoms with Gasteiger partial charge >= 0.3 is 0 Å². The third-order valence-corrected chi connectivity index (χ3v) is 5.07. The Morgan fingerprint density at radius 1 is 1.32 bits per heavy atom. The Balaban J connectivity index is 0.00000225. The first kappa shape index (κ1) is 19.7. The van der Waals surface area contributed by atoms with Crippen LogP contribution in [0.2, 0.25) is 0 Å². The number of rotatable bonds is 5. The first-order chi connectivity index (χ1) is 11.6. The van der Waals surface area contributed by atoms with Gasteiger partial charge in [0.25, 0.3) is 0 Å². The smallest absolute Gasteiger partial charge is 0.227 e. The van der Waals surface area contributed by atoms with Crippen molar-refractivity contribution in [2.45, 2.75) is 32.2 Å². The highest BCUT2D eigenvalue weighted by atomic mass is 35.5. The molecule has 3 N–H and O–H groups in total. The molecular weight excluding hydrogens is 342 g/mol. The quantitative estimate of drug-likeness (QED) is 0.828. The Kier molecular flexibility index (Phi) is 6.81. The predicted octanol–water partition coefficient (Wildman–Crippen LogP) is 1.61. The van der Waals surface area contributed by atoms with Crippen LogP contribution < -0.4 is 16.0 Å². The van der Waals surface area contributed by atoms with Gasteiger partial charge in [0.1, 0.15) is 0 Å². The van der Waals surface area contributed by atoms with Crippen molar-refractivity contribution in [3.05, 3.63) is 29.8 Å². The molecule has 0 radical (unpaired) electrons. The Morgan fingerprint density at radius 2 is 2.08 bits per heavy atom. The number of carbonyl (C=O) groups excluding carboxylic acids is 2. The molecule has 2 aliphatic heterocycles. The minimum atomic E-state index is -0.513. The van der Waals surface area contributed by atoms with Crippen LogP contribution in [-0.4, -0.2) is 38.1 Å². The maximum atomic E-state index is 12.6. The lowest BCUT2D eigenvalue weighted by Crippen LogP contribution is -2.48. The van der Waals surface area contributed by atoms with Gasteiger partial charge in [0.05, 0.1) is 5.41 Å². The fourth-order valence-corrected chi connectivity index (χ4v) is 3.41. The van der Waals surface area contributed by atoms with E-state index in [0.717, 1.165) is 24.2 Å². The number of benzene rings is 1. The fraction of sp³-hybridized carbons (Fsp3) is 0.556. The van der Waals surface area contributed by atoms with Crippen molar-refractivity contribution in [1.29, 1.82) is 0 Å². The number of nitrogens with two attached hydrogens (primary N) is 1. The zero-order valence-corrected chi connectivity index (χ0v) is 15.1. The third kappa shape index (κ3) is 4.32. The Hall–Kier alpha value is -1.63. The molecule has 1 aromatic rings. The number of carbonyl (C=O) groups is 2. The molecule has 0 saturated carbocycles. The summed E-state index contributed by atoms with van der Waals surface area (Å²) < 4.78 is 5.35. The van der Waals surface area contributed by atoms with Crippen molar-refractivity contribution < 1.29 is 14.3 Å². The molecule has 25 heavy (non-hydrogen) atoms. The molecule has 3 rings (SSSR count). The van der Waals surface area contributed by atoms with Crippen molar-refractivity contribution >= 4 is 29.9 Å². The molecule has 0 unspecified atom stereocenters. The lowest BCUT2D eigenvalue weighted by atomic mass is 9.79. The maximum Gasteiger partial charge on any atom is 0.227 e. The standard InChI is InChI=1S/C18H25N3O3.ClH/c19-13-18(6-9-24-10-7-18)17(23)20-12-14-3-1-4-15(11-14)21-8-2-5-16(21)22;/h1,3-4,11H,2,5-10,12-13,19H2,(H,20,23);1H. The minimum absolute atomic E-state index is 0. The van der Waals surface area contributed by atoms with E-state index in [2.05, 4.69) is 5.32 Å². The Labute approximate surface area is 154 Å². The highest BCUT2D eigenvalue weighted by Crippen LogP contribution is 2.29. The monoisotopic (exact) mass is 367 g/mol. The molecule has 138 valence electrons. The van der Waals surface area contributed by atoms with Gasteiger partial charge in [-0.3, -0.25) is 9.59 Å². The highest BCUT2D eigenvalue weighted by molar-refractivity contribution is 5.95. The zero-order chi connectivity index (χ0) is 17.0. The van der Waals surface area contributed by atoms with E-state index in [1.165, 1.54) is 0 Å². The summed E-state index contributed by atoms with van der Waals surface area (Å²) in [7, 11) is 0. The molecule has 0 aliphatic carbocycles. The van der Waals surface area contributed by atoms with Crippen molar-refractivity contribution in [2.75, 3.05) is 31.2 Å². The normalized spacial score (nSPS) is 19.4. The van der Waals surface area contributed by atoms with Gasteiger partial charge in [0.15, 0.2) is 0 Å². The van der Waals surface area contributed by atoms with Crippen LogP contribution in [0, 0.1) is 5.41 Å². The van der Waals surface area contributed by atoms with Gasteiger partial charge in [-0.2, -0.15) is 0 Å². The number of ether oxygens (including phenoxy) is 1. The second kappa shape index (κ2) is 8.65. The average Bonchev–Trinajstić information content (AvgIpc) is 3.06. The molecule has 0 spiro atoms. The number of nitrogens with zero attached hydrogens (tertiary/aromatic N) is 1. The van der Waals surface area contributed by atoms with E-state index < -0.39 is 5.41 Å². The van der Waals surface area contributed by atoms with Crippen LogP contribution in [0.15, 0.2) is 24.3 Å². The first-order valence-electron chi connectivity index (χ1n) is 8.60. The summed E-state index contributed by atoms with van der Waals surface area (Å²) in [6.45, 7) is 2.71. The molecule has 2 aliphatic rings. The van der Waals surface area contributed by atoms with Gasteiger partial charge in [-0.05, 0) is 37.0 Å². The van der Waals surface area contributed by atoms with Gasteiger partial charge < -0.3 is 20.7 Å². The molecule has 1 aromatic carbocycles. The van der Waals surface area contributed by atoms with Crippen LogP contribution in [0.4, 0.5) is 5.69 Å². The lowest BCUT2D eigenvalue weighted by Gasteiger charge is -2.34. The highest BCUT2D eigenvalue weighted by Gasteiger charge is 2.38. The summed E-state index contributed by atoms with van der Waals surface area (Å²) in [6, 6.07) is 7.80. The van der Waals surface area contributed by atoms with E-state index in [-0.39, 0.29) is 24.2 Å². The van der Waals surface area contributed by atoms with Crippen LogP contribution in [0.25, 0.3) is 0 Å². The van der Waals surface area contributed by atoms with Gasteiger partial charge in [-0.25, -0.2) is 0 Å². The second-order valence-corrected chi connectivity index (χ2v) is 6.60. The van der Waals surface area contributed by atoms with E-state index in [4.69, 9.17) is 10.5 Å². The van der Waals surface area contributed by atoms with E-state index in [0.29, 0.717) is 45.6 Å². The summed E-state index contributed by atoms with van der Waals surface area (Å²) in [4.78, 5) is 26.3. The predicted molar refractivity (Wildman–Crippen MR) is 98.7 cm³/mol. The first-order valence-corrected chi connectivity index (χ1v) is 8.60. The number of anilines is 1. The van der Waals surface area contributed by atoms with Gasteiger partial charge in [-0.15, -0.1) is 12.4 Å². The topological polar surface area (TPSA) is 84.7 Å². The van der Waals surface area contributed by atoms with Crippen molar-refractivity contribution in [2.24, 2.45) is 11.1 Å².